The van der Waals surface area contributed by atoms with Gasteiger partial charge in [0.2, 0.25) is 5.75 Å². The van der Waals surface area contributed by atoms with Gasteiger partial charge in [0, 0.05) is 44.8 Å². The molecule has 34 heavy (non-hydrogen) atoms. The Kier molecular flexibility index (Phi) is 10.4. The highest BCUT2D eigenvalue weighted by atomic mass is 16.5. The molecule has 3 rings (SSSR count). The highest BCUT2D eigenvalue weighted by Crippen LogP contribution is 2.40. The van der Waals surface area contributed by atoms with E-state index in [1.807, 2.05) is 18.2 Å². The first-order valence-electron chi connectivity index (χ1n) is 10.6. The highest BCUT2D eigenvalue weighted by molar-refractivity contribution is 6.27. The Balaban J connectivity index is 0.000000604. The van der Waals surface area contributed by atoms with Crippen LogP contribution < -0.4 is 18.9 Å². The number of aliphatic carboxylic acids is 2. The lowest BCUT2D eigenvalue weighted by atomic mass is 10.1. The van der Waals surface area contributed by atoms with Crippen LogP contribution in [-0.4, -0.2) is 86.6 Å². The minimum Gasteiger partial charge on any atom is -0.497 e. The van der Waals surface area contributed by atoms with Crippen molar-refractivity contribution in [3.63, 3.8) is 0 Å². The van der Waals surface area contributed by atoms with Crippen LogP contribution in [0.4, 0.5) is 0 Å². The molecule has 10 heteroatoms. The molecule has 2 N–H and O–H groups in total. The number of nitrogens with zero attached hydrogens (tertiary/aromatic N) is 2. The van der Waals surface area contributed by atoms with Crippen molar-refractivity contribution in [2.75, 3.05) is 54.6 Å². The number of benzene rings is 2. The fourth-order valence-electron chi connectivity index (χ4n) is 3.66. The van der Waals surface area contributed by atoms with E-state index in [0.717, 1.165) is 56.3 Å². The lowest BCUT2D eigenvalue weighted by molar-refractivity contribution is -0.159. The molecule has 1 heterocycles. The fourth-order valence-corrected chi connectivity index (χ4v) is 3.66. The molecule has 1 aliphatic heterocycles. The topological polar surface area (TPSA) is 118 Å². The van der Waals surface area contributed by atoms with Crippen molar-refractivity contribution in [3.8, 4) is 23.0 Å². The molecular formula is C24H32N2O8. The summed E-state index contributed by atoms with van der Waals surface area (Å²) in [5.41, 5.74) is 2.40. The van der Waals surface area contributed by atoms with Gasteiger partial charge >= 0.3 is 11.9 Å². The van der Waals surface area contributed by atoms with Gasteiger partial charge in [-0.1, -0.05) is 18.2 Å². The van der Waals surface area contributed by atoms with Crippen molar-refractivity contribution in [1.82, 2.24) is 9.80 Å². The lowest BCUT2D eigenvalue weighted by Crippen LogP contribution is -2.45. The molecule has 0 aliphatic carbocycles. The number of methoxy groups -OCH3 is 4. The molecule has 2 aromatic rings. The van der Waals surface area contributed by atoms with Crippen LogP contribution in [-0.2, 0) is 22.7 Å². The first-order chi connectivity index (χ1) is 16.3. The zero-order valence-electron chi connectivity index (χ0n) is 19.9. The largest absolute Gasteiger partial charge is 0.497 e. The van der Waals surface area contributed by atoms with Gasteiger partial charge in [-0.25, -0.2) is 9.59 Å². The quantitative estimate of drug-likeness (QED) is 0.549. The first kappa shape index (κ1) is 26.7. The van der Waals surface area contributed by atoms with Gasteiger partial charge in [0.1, 0.15) is 5.75 Å². The zero-order chi connectivity index (χ0) is 25.1. The van der Waals surface area contributed by atoms with Crippen LogP contribution in [0.25, 0.3) is 0 Å². The average Bonchev–Trinajstić information content (AvgIpc) is 2.85. The van der Waals surface area contributed by atoms with Crippen LogP contribution in [0, 0.1) is 0 Å². The van der Waals surface area contributed by atoms with E-state index in [9.17, 15) is 0 Å². The van der Waals surface area contributed by atoms with Gasteiger partial charge in [0.25, 0.3) is 0 Å². The van der Waals surface area contributed by atoms with Gasteiger partial charge in [0.15, 0.2) is 11.5 Å². The molecule has 1 saturated heterocycles. The van der Waals surface area contributed by atoms with Crippen LogP contribution in [0.2, 0.25) is 0 Å². The lowest BCUT2D eigenvalue weighted by Gasteiger charge is -2.35. The Morgan fingerprint density at radius 2 is 1.35 bits per heavy atom. The van der Waals surface area contributed by atoms with Crippen molar-refractivity contribution in [2.24, 2.45) is 0 Å². The maximum atomic E-state index is 9.10. The Morgan fingerprint density at radius 3 is 1.85 bits per heavy atom. The molecule has 1 fully saturated rings. The van der Waals surface area contributed by atoms with E-state index >= 15 is 0 Å². The Bertz CT molecular complexity index is 946. The summed E-state index contributed by atoms with van der Waals surface area (Å²) >= 11 is 0. The van der Waals surface area contributed by atoms with Crippen LogP contribution in [0.1, 0.15) is 11.1 Å². The van der Waals surface area contributed by atoms with Crippen molar-refractivity contribution in [3.05, 3.63) is 47.5 Å². The molecular weight excluding hydrogens is 444 g/mol. The molecule has 1 aliphatic rings. The van der Waals surface area contributed by atoms with Crippen molar-refractivity contribution in [1.29, 1.82) is 0 Å². The van der Waals surface area contributed by atoms with Gasteiger partial charge in [-0.3, -0.25) is 9.80 Å². The number of carbonyl (C=O) groups is 2. The number of hydrogen-bond acceptors (Lipinski definition) is 8. The SMILES string of the molecule is COc1cccc(CN2CCN(Cc3ccc(OC)c(OC)c3OC)CC2)c1.O=C(O)C(=O)O. The van der Waals surface area contributed by atoms with E-state index in [2.05, 4.69) is 28.0 Å². The molecule has 2 aromatic carbocycles. The number of carboxylic acid groups (broad SMARTS) is 2. The molecule has 0 aromatic heterocycles. The second kappa shape index (κ2) is 13.3. The Hall–Kier alpha value is -3.50. The standard InChI is InChI=1S/C22H30N2O4.C2H2O4/c1-25-19-7-5-6-17(14-19)15-23-10-12-24(13-11-23)16-18-8-9-20(26-2)22(28-4)21(18)27-3;3-1(4)2(5)6/h5-9,14H,10-13,15-16H2,1-4H3;(H,3,4)(H,5,6). The molecule has 0 unspecified atom stereocenters. The second-order valence-electron chi connectivity index (χ2n) is 7.51. The molecule has 0 radical (unpaired) electrons. The normalized spacial score (nSPS) is 13.9. The number of carboxylic acids is 2. The number of rotatable bonds is 8. The summed E-state index contributed by atoms with van der Waals surface area (Å²) in [6.07, 6.45) is 0. The fraction of sp³-hybridized carbons (Fsp3) is 0.417. The summed E-state index contributed by atoms with van der Waals surface area (Å²) in [5.74, 6) is -0.646. The molecule has 0 amide bonds. The predicted octanol–water partition coefficient (Wildman–Crippen LogP) is 2.19. The minimum absolute atomic E-state index is 0.652. The van der Waals surface area contributed by atoms with Crippen molar-refractivity contribution >= 4 is 11.9 Å². The van der Waals surface area contributed by atoms with Gasteiger partial charge in [-0.05, 0) is 23.8 Å². The summed E-state index contributed by atoms with van der Waals surface area (Å²) in [5, 5.41) is 14.8. The molecule has 0 spiro atoms. The second-order valence-corrected chi connectivity index (χ2v) is 7.51. The third kappa shape index (κ3) is 7.53. The Labute approximate surface area is 199 Å². The molecule has 10 nitrogen and oxygen atoms in total. The highest BCUT2D eigenvalue weighted by Gasteiger charge is 2.21. The van der Waals surface area contributed by atoms with Gasteiger partial charge in [-0.2, -0.15) is 0 Å². The third-order valence-electron chi connectivity index (χ3n) is 5.37. The van der Waals surface area contributed by atoms with E-state index < -0.39 is 11.9 Å². The van der Waals surface area contributed by atoms with Crippen LogP contribution >= 0.6 is 0 Å². The van der Waals surface area contributed by atoms with Gasteiger partial charge in [0.05, 0.1) is 28.4 Å². The van der Waals surface area contributed by atoms with E-state index in [0.29, 0.717) is 11.5 Å². The maximum absolute atomic E-state index is 9.10. The Morgan fingerprint density at radius 1 is 0.765 bits per heavy atom. The van der Waals surface area contributed by atoms with Crippen LogP contribution in [0.5, 0.6) is 23.0 Å². The average molecular weight is 477 g/mol. The van der Waals surface area contributed by atoms with Gasteiger partial charge in [-0.15, -0.1) is 0 Å². The third-order valence-corrected chi connectivity index (χ3v) is 5.37. The zero-order valence-corrected chi connectivity index (χ0v) is 19.9. The molecule has 186 valence electrons. The van der Waals surface area contributed by atoms with E-state index in [-0.39, 0.29) is 0 Å². The smallest absolute Gasteiger partial charge is 0.414 e. The molecule has 0 saturated carbocycles. The van der Waals surface area contributed by atoms with E-state index in [4.69, 9.17) is 38.7 Å². The number of ether oxygens (including phenoxy) is 4. The summed E-state index contributed by atoms with van der Waals surface area (Å²) in [7, 11) is 6.66. The van der Waals surface area contributed by atoms with Crippen molar-refractivity contribution in [2.45, 2.75) is 13.1 Å². The maximum Gasteiger partial charge on any atom is 0.414 e. The summed E-state index contributed by atoms with van der Waals surface area (Å²) in [4.78, 5) is 23.1. The van der Waals surface area contributed by atoms with Gasteiger partial charge < -0.3 is 29.2 Å². The molecule has 0 atom stereocenters. The number of hydrogen-bond donors (Lipinski definition) is 2. The van der Waals surface area contributed by atoms with Crippen LogP contribution in [0.3, 0.4) is 0 Å². The predicted molar refractivity (Wildman–Crippen MR) is 125 cm³/mol. The monoisotopic (exact) mass is 476 g/mol. The minimum atomic E-state index is -1.82. The first-order valence-corrected chi connectivity index (χ1v) is 10.6. The summed E-state index contributed by atoms with van der Waals surface area (Å²) in [6.45, 7) is 5.88. The summed E-state index contributed by atoms with van der Waals surface area (Å²) < 4.78 is 21.8. The van der Waals surface area contributed by atoms with E-state index in [1.54, 1.807) is 28.4 Å². The summed E-state index contributed by atoms with van der Waals surface area (Å²) in [6, 6.07) is 12.3. The van der Waals surface area contributed by atoms with E-state index in [1.165, 1.54) is 5.56 Å². The number of piperazine rings is 1. The molecule has 0 bridgehead atoms. The van der Waals surface area contributed by atoms with Crippen LogP contribution in [0.15, 0.2) is 36.4 Å². The van der Waals surface area contributed by atoms with Crippen molar-refractivity contribution < 1.29 is 38.7 Å².